The molecule has 1 aromatic rings. The zero-order valence-corrected chi connectivity index (χ0v) is 6.74. The molecule has 0 radical (unpaired) electrons. The lowest BCUT2D eigenvalue weighted by molar-refractivity contribution is 0.0976. The molecule has 0 amide bonds. The smallest absolute Gasteiger partial charge is 0.434 e. The quantitative estimate of drug-likeness (QED) is 0.695. The Morgan fingerprint density at radius 3 is 3.17 bits per heavy atom. The van der Waals surface area contributed by atoms with Crippen LogP contribution in [0.5, 0.6) is 5.88 Å². The van der Waals surface area contributed by atoms with Gasteiger partial charge in [-0.3, -0.25) is 0 Å². The molecule has 0 spiro atoms. The third-order valence-electron chi connectivity index (χ3n) is 1.09. The Morgan fingerprint density at radius 1 is 1.75 bits per heavy atom. The highest BCUT2D eigenvalue weighted by molar-refractivity contribution is 5.62. The Hall–Kier alpha value is -1.52. The van der Waals surface area contributed by atoms with Crippen molar-refractivity contribution in [3.8, 4) is 5.88 Å². The van der Waals surface area contributed by atoms with Gasteiger partial charge in [-0.25, -0.2) is 9.89 Å². The van der Waals surface area contributed by atoms with Crippen LogP contribution in [0.25, 0.3) is 0 Å². The van der Waals surface area contributed by atoms with Gasteiger partial charge in [0.15, 0.2) is 0 Å². The number of H-pyrrole nitrogens is 1. The van der Waals surface area contributed by atoms with Crippen LogP contribution >= 0.6 is 0 Å². The highest BCUT2D eigenvalue weighted by atomic mass is 16.7. The molecule has 0 bridgehead atoms. The summed E-state index contributed by atoms with van der Waals surface area (Å²) in [4.78, 5) is 10.8. The monoisotopic (exact) mass is 170 g/mol. The number of hydrogen-bond acceptors (Lipinski definition) is 4. The van der Waals surface area contributed by atoms with E-state index in [1.165, 1.54) is 12.3 Å². The molecule has 1 N–H and O–H groups in total. The molecule has 1 aromatic heterocycles. The molecule has 0 atom stereocenters. The van der Waals surface area contributed by atoms with Crippen LogP contribution in [-0.2, 0) is 4.74 Å². The number of rotatable bonds is 3. The molecule has 66 valence electrons. The number of carbonyl (C=O) groups excluding carboxylic acids is 1. The van der Waals surface area contributed by atoms with E-state index in [1.807, 2.05) is 6.92 Å². The molecule has 0 unspecified atom stereocenters. The lowest BCUT2D eigenvalue weighted by Gasteiger charge is -2.00. The van der Waals surface area contributed by atoms with Gasteiger partial charge < -0.3 is 9.47 Å². The fourth-order valence-electron chi connectivity index (χ4n) is 0.605. The zero-order valence-electron chi connectivity index (χ0n) is 6.74. The first-order valence-corrected chi connectivity index (χ1v) is 3.67. The Bertz CT molecular complexity index is 233. The van der Waals surface area contributed by atoms with Gasteiger partial charge in [-0.15, -0.1) is 0 Å². The van der Waals surface area contributed by atoms with Crippen molar-refractivity contribution in [1.82, 2.24) is 10.2 Å². The Labute approximate surface area is 69.7 Å². The number of aromatic amines is 1. The van der Waals surface area contributed by atoms with E-state index >= 15 is 0 Å². The summed E-state index contributed by atoms with van der Waals surface area (Å²) in [5.41, 5.74) is 0. The van der Waals surface area contributed by atoms with Gasteiger partial charge in [0.05, 0.1) is 12.8 Å². The predicted octanol–water partition coefficient (Wildman–Crippen LogP) is 1.34. The molecule has 0 saturated carbocycles. The van der Waals surface area contributed by atoms with Crippen molar-refractivity contribution in [2.45, 2.75) is 13.3 Å². The minimum Gasteiger partial charge on any atom is -0.434 e. The Kier molecular flexibility index (Phi) is 3.13. The molecule has 0 aromatic carbocycles. The van der Waals surface area contributed by atoms with Gasteiger partial charge in [0.25, 0.3) is 0 Å². The Balaban J connectivity index is 2.27. The lowest BCUT2D eigenvalue weighted by atomic mass is 10.5. The van der Waals surface area contributed by atoms with Crippen molar-refractivity contribution in [3.05, 3.63) is 12.3 Å². The molecule has 0 fully saturated rings. The predicted molar refractivity (Wildman–Crippen MR) is 40.9 cm³/mol. The van der Waals surface area contributed by atoms with Crippen LogP contribution < -0.4 is 4.74 Å². The van der Waals surface area contributed by atoms with Gasteiger partial charge in [-0.1, -0.05) is 6.92 Å². The van der Waals surface area contributed by atoms with Crippen LogP contribution in [0, 0.1) is 0 Å². The van der Waals surface area contributed by atoms with E-state index in [2.05, 4.69) is 19.7 Å². The highest BCUT2D eigenvalue weighted by Crippen LogP contribution is 2.03. The molecule has 12 heavy (non-hydrogen) atoms. The number of ether oxygens (including phenoxy) is 2. The van der Waals surface area contributed by atoms with Crippen molar-refractivity contribution < 1.29 is 14.3 Å². The summed E-state index contributed by atoms with van der Waals surface area (Å²) in [7, 11) is 0. The number of nitrogens with zero attached hydrogens (tertiary/aromatic N) is 1. The van der Waals surface area contributed by atoms with Gasteiger partial charge >= 0.3 is 6.16 Å². The molecule has 5 heteroatoms. The second kappa shape index (κ2) is 4.38. The van der Waals surface area contributed by atoms with Crippen LogP contribution in [0.15, 0.2) is 12.3 Å². The summed E-state index contributed by atoms with van der Waals surface area (Å²) in [5, 5.41) is 6.07. The van der Waals surface area contributed by atoms with Crippen molar-refractivity contribution in [2.75, 3.05) is 6.61 Å². The van der Waals surface area contributed by atoms with Gasteiger partial charge in [-0.05, 0) is 6.42 Å². The van der Waals surface area contributed by atoms with E-state index in [1.54, 1.807) is 0 Å². The van der Waals surface area contributed by atoms with E-state index in [0.717, 1.165) is 6.42 Å². The summed E-state index contributed by atoms with van der Waals surface area (Å²) < 4.78 is 9.33. The summed E-state index contributed by atoms with van der Waals surface area (Å²) in [6.07, 6.45) is 1.56. The minimum atomic E-state index is -0.707. The molecule has 5 nitrogen and oxygen atoms in total. The van der Waals surface area contributed by atoms with E-state index < -0.39 is 6.16 Å². The van der Waals surface area contributed by atoms with Gasteiger partial charge in [0.1, 0.15) is 0 Å². The molecule has 0 aliphatic rings. The first-order chi connectivity index (χ1) is 5.83. The number of aromatic nitrogens is 2. The maximum absolute atomic E-state index is 10.8. The summed E-state index contributed by atoms with van der Waals surface area (Å²) in [6, 6.07) is 1.53. The minimum absolute atomic E-state index is 0.288. The van der Waals surface area contributed by atoms with E-state index in [-0.39, 0.29) is 5.88 Å². The SMILES string of the molecule is CCCOC(=O)Oc1ccn[nH]1. The molecule has 0 saturated heterocycles. The molecular weight excluding hydrogens is 160 g/mol. The molecule has 1 heterocycles. The van der Waals surface area contributed by atoms with Crippen molar-refractivity contribution >= 4 is 6.16 Å². The molecule has 1 rings (SSSR count). The third kappa shape index (κ3) is 2.61. The number of nitrogens with one attached hydrogen (secondary N) is 1. The van der Waals surface area contributed by atoms with Crippen LogP contribution in [0.1, 0.15) is 13.3 Å². The van der Waals surface area contributed by atoms with Gasteiger partial charge in [-0.2, -0.15) is 5.10 Å². The first kappa shape index (κ1) is 8.58. The first-order valence-electron chi connectivity index (χ1n) is 3.67. The topological polar surface area (TPSA) is 64.2 Å². The van der Waals surface area contributed by atoms with Crippen LogP contribution in [0.2, 0.25) is 0 Å². The normalized spacial score (nSPS) is 9.42. The van der Waals surface area contributed by atoms with Crippen molar-refractivity contribution in [1.29, 1.82) is 0 Å². The zero-order chi connectivity index (χ0) is 8.81. The standard InChI is InChI=1S/C7H10N2O3/c1-2-5-11-7(10)12-6-3-4-8-9-6/h3-4H,2,5H2,1H3,(H,8,9). The summed E-state index contributed by atoms with van der Waals surface area (Å²) in [5.74, 6) is 0.288. The molecular formula is C7H10N2O3. The van der Waals surface area contributed by atoms with E-state index in [4.69, 9.17) is 0 Å². The maximum atomic E-state index is 10.8. The summed E-state index contributed by atoms with van der Waals surface area (Å²) >= 11 is 0. The average molecular weight is 170 g/mol. The largest absolute Gasteiger partial charge is 0.515 e. The van der Waals surface area contributed by atoms with Gasteiger partial charge in [0.2, 0.25) is 5.88 Å². The van der Waals surface area contributed by atoms with E-state index in [0.29, 0.717) is 6.61 Å². The van der Waals surface area contributed by atoms with Gasteiger partial charge in [0, 0.05) is 6.07 Å². The van der Waals surface area contributed by atoms with Crippen molar-refractivity contribution in [2.24, 2.45) is 0 Å². The lowest BCUT2D eigenvalue weighted by Crippen LogP contribution is -2.11. The Morgan fingerprint density at radius 2 is 2.58 bits per heavy atom. The fourth-order valence-corrected chi connectivity index (χ4v) is 0.605. The summed E-state index contributed by atoms with van der Waals surface area (Å²) in [6.45, 7) is 2.27. The van der Waals surface area contributed by atoms with Crippen LogP contribution in [0.3, 0.4) is 0 Å². The second-order valence-corrected chi connectivity index (χ2v) is 2.12. The number of carbonyl (C=O) groups is 1. The third-order valence-corrected chi connectivity index (χ3v) is 1.09. The maximum Gasteiger partial charge on any atom is 0.515 e. The van der Waals surface area contributed by atoms with Crippen LogP contribution in [0.4, 0.5) is 4.79 Å². The number of hydrogen-bond donors (Lipinski definition) is 1. The van der Waals surface area contributed by atoms with E-state index in [9.17, 15) is 4.79 Å². The molecule has 0 aliphatic carbocycles. The second-order valence-electron chi connectivity index (χ2n) is 2.12. The van der Waals surface area contributed by atoms with Crippen LogP contribution in [-0.4, -0.2) is 23.0 Å². The average Bonchev–Trinajstić information content (AvgIpc) is 2.53. The highest BCUT2D eigenvalue weighted by Gasteiger charge is 2.04. The molecule has 0 aliphatic heterocycles. The van der Waals surface area contributed by atoms with Crippen molar-refractivity contribution in [3.63, 3.8) is 0 Å². The fraction of sp³-hybridized carbons (Fsp3) is 0.429.